The SMILES string of the molecule is CCCCCCCCCCc1cnc(-c2ccc(OS(=O)(=O)C(F)(F)F)cc2)nc1. The molecule has 0 N–H and O–H groups in total. The molecule has 30 heavy (non-hydrogen) atoms. The van der Waals surface area contributed by atoms with Crippen LogP contribution in [0.1, 0.15) is 63.9 Å². The second-order valence-electron chi connectivity index (χ2n) is 7.15. The third-order valence-corrected chi connectivity index (χ3v) is 5.61. The Hall–Kier alpha value is -2.16. The van der Waals surface area contributed by atoms with Gasteiger partial charge >= 0.3 is 15.6 Å². The van der Waals surface area contributed by atoms with Crippen LogP contribution in [0.25, 0.3) is 11.4 Å². The van der Waals surface area contributed by atoms with Gasteiger partial charge in [0, 0.05) is 18.0 Å². The van der Waals surface area contributed by atoms with Crippen molar-refractivity contribution in [2.75, 3.05) is 0 Å². The minimum absolute atomic E-state index is 0.403. The molecule has 1 aromatic carbocycles. The summed E-state index contributed by atoms with van der Waals surface area (Å²) in [6.45, 7) is 2.21. The van der Waals surface area contributed by atoms with Crippen molar-refractivity contribution in [2.24, 2.45) is 0 Å². The Morgan fingerprint density at radius 1 is 0.867 bits per heavy atom. The normalized spacial score (nSPS) is 12.1. The summed E-state index contributed by atoms with van der Waals surface area (Å²) in [7, 11) is -5.68. The van der Waals surface area contributed by atoms with E-state index in [2.05, 4.69) is 21.1 Å². The number of benzene rings is 1. The highest BCUT2D eigenvalue weighted by atomic mass is 32.2. The van der Waals surface area contributed by atoms with Gasteiger partial charge in [0.1, 0.15) is 5.75 Å². The van der Waals surface area contributed by atoms with Crippen molar-refractivity contribution in [3.8, 4) is 17.1 Å². The zero-order chi connectivity index (χ0) is 22.0. The predicted molar refractivity (Wildman–Crippen MR) is 109 cm³/mol. The molecular weight excluding hydrogens is 417 g/mol. The average Bonchev–Trinajstić information content (AvgIpc) is 2.70. The van der Waals surface area contributed by atoms with Crippen LogP contribution in [-0.4, -0.2) is 23.9 Å². The number of unbranched alkanes of at least 4 members (excludes halogenated alkanes) is 7. The van der Waals surface area contributed by atoms with Gasteiger partial charge in [0.25, 0.3) is 0 Å². The number of alkyl halides is 3. The Kier molecular flexibility index (Phi) is 9.08. The molecule has 0 saturated carbocycles. The molecule has 0 spiro atoms. The van der Waals surface area contributed by atoms with Gasteiger partial charge in [-0.1, -0.05) is 51.9 Å². The van der Waals surface area contributed by atoms with E-state index >= 15 is 0 Å². The summed E-state index contributed by atoms with van der Waals surface area (Å²) in [5.74, 6) is -0.0257. The number of hydrogen-bond acceptors (Lipinski definition) is 5. The van der Waals surface area contributed by atoms with Gasteiger partial charge in [0.15, 0.2) is 5.82 Å². The van der Waals surface area contributed by atoms with Gasteiger partial charge in [-0.25, -0.2) is 9.97 Å². The lowest BCUT2D eigenvalue weighted by atomic mass is 10.1. The average molecular weight is 445 g/mol. The summed E-state index contributed by atoms with van der Waals surface area (Å²) >= 11 is 0. The summed E-state index contributed by atoms with van der Waals surface area (Å²) in [5, 5.41) is 0. The van der Waals surface area contributed by atoms with Crippen LogP contribution in [0.2, 0.25) is 0 Å². The molecule has 0 unspecified atom stereocenters. The maximum absolute atomic E-state index is 12.4. The molecule has 5 nitrogen and oxygen atoms in total. The number of aryl methyl sites for hydroxylation is 1. The third kappa shape index (κ3) is 7.59. The van der Waals surface area contributed by atoms with E-state index in [0.717, 1.165) is 30.5 Å². The molecule has 166 valence electrons. The van der Waals surface area contributed by atoms with Crippen molar-refractivity contribution >= 4 is 10.1 Å². The second kappa shape index (κ2) is 11.3. The molecule has 0 fully saturated rings. The van der Waals surface area contributed by atoms with E-state index in [9.17, 15) is 21.6 Å². The fraction of sp³-hybridized carbons (Fsp3) is 0.524. The van der Waals surface area contributed by atoms with Crippen molar-refractivity contribution in [3.05, 3.63) is 42.2 Å². The molecule has 2 aromatic rings. The first-order valence-electron chi connectivity index (χ1n) is 10.1. The van der Waals surface area contributed by atoms with E-state index < -0.39 is 21.4 Å². The van der Waals surface area contributed by atoms with Crippen LogP contribution >= 0.6 is 0 Å². The molecular formula is C21H27F3N2O3S. The van der Waals surface area contributed by atoms with Crippen molar-refractivity contribution < 1.29 is 25.8 Å². The summed E-state index contributed by atoms with van der Waals surface area (Å²) in [5.41, 5.74) is -3.90. The van der Waals surface area contributed by atoms with Gasteiger partial charge in [0.2, 0.25) is 0 Å². The highest BCUT2D eigenvalue weighted by Gasteiger charge is 2.48. The Bertz CT molecular complexity index is 868. The van der Waals surface area contributed by atoms with Gasteiger partial charge in [-0.3, -0.25) is 0 Å². The Morgan fingerprint density at radius 3 is 1.93 bits per heavy atom. The van der Waals surface area contributed by atoms with Crippen molar-refractivity contribution in [2.45, 2.75) is 70.2 Å². The molecule has 0 atom stereocenters. The smallest absolute Gasteiger partial charge is 0.376 e. The van der Waals surface area contributed by atoms with Crippen LogP contribution in [0.4, 0.5) is 13.2 Å². The lowest BCUT2D eigenvalue weighted by molar-refractivity contribution is -0.0500. The molecule has 0 radical (unpaired) electrons. The Balaban J connectivity index is 1.82. The lowest BCUT2D eigenvalue weighted by Crippen LogP contribution is -2.28. The number of halogens is 3. The van der Waals surface area contributed by atoms with E-state index in [1.165, 1.54) is 57.1 Å². The standard InChI is InChI=1S/C21H27F3N2O3S/c1-2-3-4-5-6-7-8-9-10-17-15-25-20(26-16-17)18-11-13-19(14-12-18)29-30(27,28)21(22,23)24/h11-16H,2-10H2,1H3. The first-order valence-corrected chi connectivity index (χ1v) is 11.6. The highest BCUT2D eigenvalue weighted by Crippen LogP contribution is 2.28. The minimum atomic E-state index is -5.68. The minimum Gasteiger partial charge on any atom is -0.376 e. The zero-order valence-electron chi connectivity index (χ0n) is 17.0. The van der Waals surface area contributed by atoms with E-state index in [1.54, 1.807) is 12.4 Å². The van der Waals surface area contributed by atoms with Crippen LogP contribution < -0.4 is 4.18 Å². The molecule has 0 saturated heterocycles. The van der Waals surface area contributed by atoms with Crippen LogP contribution in [0, 0.1) is 0 Å². The molecule has 0 amide bonds. The van der Waals surface area contributed by atoms with Crippen LogP contribution in [0.15, 0.2) is 36.7 Å². The summed E-state index contributed by atoms with van der Waals surface area (Å²) < 4.78 is 63.2. The van der Waals surface area contributed by atoms with Gasteiger partial charge < -0.3 is 4.18 Å². The largest absolute Gasteiger partial charge is 0.534 e. The maximum atomic E-state index is 12.4. The van der Waals surface area contributed by atoms with Crippen molar-refractivity contribution in [1.82, 2.24) is 9.97 Å². The van der Waals surface area contributed by atoms with Gasteiger partial charge in [0.05, 0.1) is 0 Å². The molecule has 9 heteroatoms. The van der Waals surface area contributed by atoms with Crippen molar-refractivity contribution in [3.63, 3.8) is 0 Å². The molecule has 2 rings (SSSR count). The predicted octanol–water partition coefficient (Wildman–Crippen LogP) is 6.06. The van der Waals surface area contributed by atoms with Crippen LogP contribution in [0.3, 0.4) is 0 Å². The quantitative estimate of drug-likeness (QED) is 0.226. The molecule has 0 bridgehead atoms. The van der Waals surface area contributed by atoms with Gasteiger partial charge in [-0.05, 0) is 42.7 Å². The van der Waals surface area contributed by atoms with Crippen LogP contribution in [-0.2, 0) is 16.5 Å². The second-order valence-corrected chi connectivity index (χ2v) is 8.69. The van der Waals surface area contributed by atoms with E-state index in [1.807, 2.05) is 0 Å². The fourth-order valence-electron chi connectivity index (χ4n) is 2.93. The monoisotopic (exact) mass is 444 g/mol. The maximum Gasteiger partial charge on any atom is 0.534 e. The number of hydrogen-bond donors (Lipinski definition) is 0. The molecule has 1 aromatic heterocycles. The molecule has 0 aliphatic heterocycles. The third-order valence-electron chi connectivity index (χ3n) is 4.63. The molecule has 0 aliphatic carbocycles. The van der Waals surface area contributed by atoms with E-state index in [4.69, 9.17) is 0 Å². The van der Waals surface area contributed by atoms with E-state index in [-0.39, 0.29) is 0 Å². The first-order chi connectivity index (χ1) is 14.2. The molecule has 0 aliphatic rings. The number of aromatic nitrogens is 2. The van der Waals surface area contributed by atoms with Gasteiger partial charge in [-0.2, -0.15) is 21.6 Å². The van der Waals surface area contributed by atoms with Gasteiger partial charge in [-0.15, -0.1) is 0 Å². The Labute approximate surface area is 175 Å². The van der Waals surface area contributed by atoms with E-state index in [0.29, 0.717) is 11.4 Å². The Morgan fingerprint density at radius 2 is 1.40 bits per heavy atom. The topological polar surface area (TPSA) is 69.2 Å². The van der Waals surface area contributed by atoms with Crippen molar-refractivity contribution in [1.29, 1.82) is 0 Å². The first kappa shape index (κ1) is 24.1. The summed E-state index contributed by atoms with van der Waals surface area (Å²) in [4.78, 5) is 8.58. The zero-order valence-corrected chi connectivity index (χ0v) is 17.8. The lowest BCUT2D eigenvalue weighted by Gasteiger charge is -2.09. The number of rotatable bonds is 12. The highest BCUT2D eigenvalue weighted by molar-refractivity contribution is 7.88. The fourth-order valence-corrected chi connectivity index (χ4v) is 3.39. The van der Waals surface area contributed by atoms with Crippen LogP contribution in [0.5, 0.6) is 5.75 Å². The summed E-state index contributed by atoms with van der Waals surface area (Å²) in [6, 6.07) is 5.09. The number of nitrogens with zero attached hydrogens (tertiary/aromatic N) is 2. The summed E-state index contributed by atoms with van der Waals surface area (Å²) in [6.07, 6.45) is 14.3. The molecule has 1 heterocycles.